The molecule has 120 valence electrons. The first-order valence-electron chi connectivity index (χ1n) is 7.74. The second kappa shape index (κ2) is 6.32. The smallest absolute Gasteiger partial charge is 0.198 e. The van der Waals surface area contributed by atoms with E-state index in [-0.39, 0.29) is 0 Å². The van der Waals surface area contributed by atoms with Crippen LogP contribution in [0.5, 0.6) is 0 Å². The third kappa shape index (κ3) is 2.71. The van der Waals surface area contributed by atoms with E-state index in [1.165, 1.54) is 15.3 Å². The summed E-state index contributed by atoms with van der Waals surface area (Å²) in [5.74, 6) is 0. The van der Waals surface area contributed by atoms with Crippen molar-refractivity contribution in [3.8, 4) is 0 Å². The van der Waals surface area contributed by atoms with Crippen LogP contribution in [0.15, 0.2) is 35.3 Å². The molecular formula is C16H18N4S3. The van der Waals surface area contributed by atoms with E-state index in [2.05, 4.69) is 45.9 Å². The van der Waals surface area contributed by atoms with Crippen molar-refractivity contribution in [2.24, 2.45) is 0 Å². The molecule has 0 aromatic carbocycles. The average Bonchev–Trinajstić information content (AvgIpc) is 3.29. The minimum atomic E-state index is 0.318. The lowest BCUT2D eigenvalue weighted by Crippen LogP contribution is -2.36. The molecule has 0 bridgehead atoms. The molecule has 0 amide bonds. The molecule has 4 nitrogen and oxygen atoms in total. The van der Waals surface area contributed by atoms with E-state index in [9.17, 15) is 0 Å². The summed E-state index contributed by atoms with van der Waals surface area (Å²) in [6.45, 7) is 4.73. The first kappa shape index (κ1) is 15.3. The predicted molar refractivity (Wildman–Crippen MR) is 97.6 cm³/mol. The predicted octanol–water partition coefficient (Wildman–Crippen LogP) is 4.16. The number of hydrogen-bond donors (Lipinski definition) is 0. The summed E-state index contributed by atoms with van der Waals surface area (Å²) in [5.41, 5.74) is 1.45. The van der Waals surface area contributed by atoms with Gasteiger partial charge in [0.05, 0.1) is 12.7 Å². The highest BCUT2D eigenvalue weighted by Crippen LogP contribution is 2.39. The van der Waals surface area contributed by atoms with Crippen molar-refractivity contribution < 1.29 is 0 Å². The fraction of sp³-hybridized carbons (Fsp3) is 0.375. The van der Waals surface area contributed by atoms with Crippen molar-refractivity contribution in [2.75, 3.05) is 6.54 Å². The lowest BCUT2D eigenvalue weighted by molar-refractivity contribution is 0.158. The zero-order valence-corrected chi connectivity index (χ0v) is 15.3. The molecule has 7 heteroatoms. The van der Waals surface area contributed by atoms with Crippen LogP contribution in [-0.4, -0.2) is 25.8 Å². The van der Waals surface area contributed by atoms with Gasteiger partial charge in [-0.1, -0.05) is 6.07 Å². The van der Waals surface area contributed by atoms with Crippen molar-refractivity contribution in [2.45, 2.75) is 32.6 Å². The Hall–Kier alpha value is -1.28. The van der Waals surface area contributed by atoms with Gasteiger partial charge in [0.25, 0.3) is 0 Å². The summed E-state index contributed by atoms with van der Waals surface area (Å²) >= 11 is 9.24. The molecule has 23 heavy (non-hydrogen) atoms. The Morgan fingerprint density at radius 3 is 2.96 bits per heavy atom. The number of nitrogens with zero attached hydrogens (tertiary/aromatic N) is 4. The molecule has 1 atom stereocenters. The molecule has 0 aliphatic carbocycles. The normalized spacial score (nSPS) is 18.2. The number of rotatable bonds is 4. The molecule has 0 radical (unpaired) electrons. The SMILES string of the molecule is CCn1cnn(CN2CCc3sccc3[C@@H]2c2cccs2)c1=S. The lowest BCUT2D eigenvalue weighted by atomic mass is 9.99. The Labute approximate surface area is 148 Å². The van der Waals surface area contributed by atoms with E-state index >= 15 is 0 Å². The highest BCUT2D eigenvalue weighted by molar-refractivity contribution is 7.71. The molecule has 1 aliphatic heterocycles. The molecule has 4 rings (SSSR count). The maximum absolute atomic E-state index is 5.53. The van der Waals surface area contributed by atoms with Crippen LogP contribution in [-0.2, 0) is 19.6 Å². The van der Waals surface area contributed by atoms with Gasteiger partial charge in [0, 0.05) is 22.8 Å². The summed E-state index contributed by atoms with van der Waals surface area (Å²) < 4.78 is 4.75. The number of fused-ring (bicyclic) bond motifs is 1. The fourth-order valence-corrected chi connectivity index (χ4v) is 5.22. The molecule has 3 aromatic heterocycles. The Morgan fingerprint density at radius 1 is 1.30 bits per heavy atom. The third-order valence-corrected chi connectivity index (χ3v) is 6.70. The second-order valence-corrected chi connectivity index (χ2v) is 7.97. The number of thiophene rings is 2. The Morgan fingerprint density at radius 2 is 2.22 bits per heavy atom. The van der Waals surface area contributed by atoms with Gasteiger partial charge in [0.1, 0.15) is 6.33 Å². The van der Waals surface area contributed by atoms with Gasteiger partial charge < -0.3 is 4.57 Å². The Balaban J connectivity index is 1.70. The highest BCUT2D eigenvalue weighted by atomic mass is 32.1. The number of aromatic nitrogens is 3. The molecule has 0 fully saturated rings. The molecular weight excluding hydrogens is 344 g/mol. The zero-order chi connectivity index (χ0) is 15.8. The van der Waals surface area contributed by atoms with E-state index in [1.807, 2.05) is 38.2 Å². The van der Waals surface area contributed by atoms with Gasteiger partial charge in [-0.15, -0.1) is 22.7 Å². The molecule has 0 N–H and O–H groups in total. The van der Waals surface area contributed by atoms with Gasteiger partial charge in [0.15, 0.2) is 4.77 Å². The summed E-state index contributed by atoms with van der Waals surface area (Å²) in [5, 5.41) is 8.85. The van der Waals surface area contributed by atoms with Crippen LogP contribution in [0.4, 0.5) is 0 Å². The lowest BCUT2D eigenvalue weighted by Gasteiger charge is -2.35. The largest absolute Gasteiger partial charge is 0.307 e. The van der Waals surface area contributed by atoms with Crippen LogP contribution in [0, 0.1) is 4.77 Å². The highest BCUT2D eigenvalue weighted by Gasteiger charge is 2.30. The Bertz CT molecular complexity index is 843. The van der Waals surface area contributed by atoms with E-state index in [0.717, 1.165) is 31.0 Å². The summed E-state index contributed by atoms with van der Waals surface area (Å²) in [6.07, 6.45) is 2.94. The van der Waals surface area contributed by atoms with Crippen LogP contribution in [0.2, 0.25) is 0 Å². The van der Waals surface area contributed by atoms with Crippen molar-refractivity contribution in [1.82, 2.24) is 19.2 Å². The van der Waals surface area contributed by atoms with Gasteiger partial charge in [-0.3, -0.25) is 4.90 Å². The monoisotopic (exact) mass is 362 g/mol. The van der Waals surface area contributed by atoms with E-state index < -0.39 is 0 Å². The minimum absolute atomic E-state index is 0.318. The maximum atomic E-state index is 5.53. The number of hydrogen-bond acceptors (Lipinski definition) is 5. The molecule has 1 aliphatic rings. The van der Waals surface area contributed by atoms with Crippen LogP contribution in [0.3, 0.4) is 0 Å². The standard InChI is InChI=1S/C16H18N4S3/c1-2-18-10-17-20(16(18)21)11-19-7-5-13-12(6-9-23-13)15(19)14-4-3-8-22-14/h3-4,6,8-10,15H,2,5,7,11H2,1H3/t15-/m1/s1. The second-order valence-electron chi connectivity index (χ2n) is 5.62. The third-order valence-electron chi connectivity index (χ3n) is 4.33. The van der Waals surface area contributed by atoms with Crippen LogP contribution in [0.1, 0.15) is 28.3 Å². The Kier molecular flexibility index (Phi) is 4.19. The molecule has 0 unspecified atom stereocenters. The van der Waals surface area contributed by atoms with Crippen LogP contribution in [0.25, 0.3) is 0 Å². The number of aryl methyl sites for hydroxylation is 1. The molecule has 4 heterocycles. The van der Waals surface area contributed by atoms with E-state index in [4.69, 9.17) is 12.2 Å². The van der Waals surface area contributed by atoms with Gasteiger partial charge >= 0.3 is 0 Å². The molecule has 0 saturated heterocycles. The van der Waals surface area contributed by atoms with Crippen molar-refractivity contribution in [3.63, 3.8) is 0 Å². The maximum Gasteiger partial charge on any atom is 0.198 e. The molecule has 0 spiro atoms. The van der Waals surface area contributed by atoms with Gasteiger partial charge in [-0.05, 0) is 54.0 Å². The average molecular weight is 363 g/mol. The zero-order valence-electron chi connectivity index (χ0n) is 12.9. The van der Waals surface area contributed by atoms with Crippen LogP contribution >= 0.6 is 34.9 Å². The molecule has 0 saturated carbocycles. The quantitative estimate of drug-likeness (QED) is 0.652. The van der Waals surface area contributed by atoms with E-state index in [0.29, 0.717) is 6.04 Å². The summed E-state index contributed by atoms with van der Waals surface area (Å²) in [6, 6.07) is 6.97. The molecule has 3 aromatic rings. The van der Waals surface area contributed by atoms with Gasteiger partial charge in [-0.25, -0.2) is 4.68 Å². The van der Waals surface area contributed by atoms with E-state index in [1.54, 1.807) is 0 Å². The summed E-state index contributed by atoms with van der Waals surface area (Å²) in [4.78, 5) is 5.40. The van der Waals surface area contributed by atoms with Gasteiger partial charge in [-0.2, -0.15) is 5.10 Å². The van der Waals surface area contributed by atoms with Crippen molar-refractivity contribution in [1.29, 1.82) is 0 Å². The summed E-state index contributed by atoms with van der Waals surface area (Å²) in [7, 11) is 0. The first-order chi connectivity index (χ1) is 11.3. The van der Waals surface area contributed by atoms with Crippen LogP contribution < -0.4 is 0 Å². The topological polar surface area (TPSA) is 26.0 Å². The fourth-order valence-electron chi connectivity index (χ4n) is 3.16. The van der Waals surface area contributed by atoms with Crippen molar-refractivity contribution >= 4 is 34.9 Å². The van der Waals surface area contributed by atoms with Crippen molar-refractivity contribution in [3.05, 3.63) is 55.4 Å². The minimum Gasteiger partial charge on any atom is -0.307 e. The first-order valence-corrected chi connectivity index (χ1v) is 9.90. The van der Waals surface area contributed by atoms with Gasteiger partial charge in [0.2, 0.25) is 0 Å².